The van der Waals surface area contributed by atoms with Crippen molar-refractivity contribution in [2.24, 2.45) is 0 Å². The molecule has 1 N–H and O–H groups in total. The van der Waals surface area contributed by atoms with Crippen LogP contribution in [-0.4, -0.2) is 30.2 Å². The predicted molar refractivity (Wildman–Crippen MR) is 59.6 cm³/mol. The van der Waals surface area contributed by atoms with Gasteiger partial charge >= 0.3 is 0 Å². The lowest BCUT2D eigenvalue weighted by molar-refractivity contribution is 0.217. The third-order valence-corrected chi connectivity index (χ3v) is 2.58. The van der Waals surface area contributed by atoms with E-state index in [1.165, 1.54) is 5.56 Å². The number of rotatable bonds is 4. The molecule has 0 saturated heterocycles. The smallest absolute Gasteiger partial charge is 0.0558 e. The van der Waals surface area contributed by atoms with Crippen molar-refractivity contribution in [3.63, 3.8) is 0 Å². The van der Waals surface area contributed by atoms with Gasteiger partial charge in [0.05, 0.1) is 6.61 Å². The van der Waals surface area contributed by atoms with Crippen molar-refractivity contribution >= 4 is 11.6 Å². The third-order valence-electron chi connectivity index (χ3n) is 2.16. The summed E-state index contributed by atoms with van der Waals surface area (Å²) in [5.41, 5.74) is 2.32. The van der Waals surface area contributed by atoms with Crippen LogP contribution in [0.2, 0.25) is 5.02 Å². The second-order valence-corrected chi connectivity index (χ2v) is 3.95. The molecule has 0 heterocycles. The molecule has 2 nitrogen and oxygen atoms in total. The fourth-order valence-corrected chi connectivity index (χ4v) is 1.48. The second kappa shape index (κ2) is 5.35. The Morgan fingerprint density at radius 1 is 1.43 bits per heavy atom. The first-order chi connectivity index (χ1) is 6.63. The zero-order valence-electron chi connectivity index (χ0n) is 8.63. The van der Waals surface area contributed by atoms with Crippen LogP contribution in [-0.2, 0) is 6.54 Å². The summed E-state index contributed by atoms with van der Waals surface area (Å²) in [6.45, 7) is 3.74. The highest BCUT2D eigenvalue weighted by atomic mass is 35.5. The molecule has 0 bridgehead atoms. The van der Waals surface area contributed by atoms with Crippen molar-refractivity contribution in [1.82, 2.24) is 4.90 Å². The first-order valence-corrected chi connectivity index (χ1v) is 5.05. The van der Waals surface area contributed by atoms with Gasteiger partial charge in [-0.25, -0.2) is 0 Å². The molecule has 0 aromatic heterocycles. The van der Waals surface area contributed by atoms with Gasteiger partial charge in [0.15, 0.2) is 0 Å². The molecule has 0 saturated carbocycles. The molecule has 3 heteroatoms. The van der Waals surface area contributed by atoms with Crippen LogP contribution in [0.3, 0.4) is 0 Å². The number of aliphatic hydroxyl groups excluding tert-OH is 1. The van der Waals surface area contributed by atoms with Crippen molar-refractivity contribution in [2.75, 3.05) is 20.2 Å². The first-order valence-electron chi connectivity index (χ1n) is 4.68. The molecule has 1 rings (SSSR count). The van der Waals surface area contributed by atoms with Crippen molar-refractivity contribution in [3.8, 4) is 0 Å². The van der Waals surface area contributed by atoms with Crippen LogP contribution < -0.4 is 0 Å². The van der Waals surface area contributed by atoms with E-state index in [9.17, 15) is 0 Å². The fraction of sp³-hybridized carbons (Fsp3) is 0.455. The summed E-state index contributed by atoms with van der Waals surface area (Å²) in [6.07, 6.45) is 0. The monoisotopic (exact) mass is 213 g/mol. The van der Waals surface area contributed by atoms with Gasteiger partial charge in [-0.05, 0) is 31.2 Å². The largest absolute Gasteiger partial charge is 0.395 e. The molecule has 0 spiro atoms. The standard InChI is InChI=1S/C11H16ClNO/c1-9-7-10(3-4-11(9)12)8-13(2)5-6-14/h3-4,7,14H,5-6,8H2,1-2H3. The van der Waals surface area contributed by atoms with E-state index in [1.807, 2.05) is 26.1 Å². The minimum absolute atomic E-state index is 0.197. The van der Waals surface area contributed by atoms with Crippen molar-refractivity contribution in [2.45, 2.75) is 13.5 Å². The van der Waals surface area contributed by atoms with E-state index in [-0.39, 0.29) is 6.61 Å². The quantitative estimate of drug-likeness (QED) is 0.828. The van der Waals surface area contributed by atoms with Crippen LogP contribution in [0.5, 0.6) is 0 Å². The molecule has 0 fully saturated rings. The van der Waals surface area contributed by atoms with E-state index in [0.717, 1.165) is 17.1 Å². The number of halogens is 1. The Morgan fingerprint density at radius 2 is 2.14 bits per heavy atom. The summed E-state index contributed by atoms with van der Waals surface area (Å²) < 4.78 is 0. The highest BCUT2D eigenvalue weighted by Crippen LogP contribution is 2.16. The maximum Gasteiger partial charge on any atom is 0.0558 e. The SMILES string of the molecule is Cc1cc(CN(C)CCO)ccc1Cl. The summed E-state index contributed by atoms with van der Waals surface area (Å²) in [5, 5.41) is 9.55. The summed E-state index contributed by atoms with van der Waals surface area (Å²) in [5.74, 6) is 0. The summed E-state index contributed by atoms with van der Waals surface area (Å²) >= 11 is 5.92. The molecule has 0 atom stereocenters. The Labute approximate surface area is 90.1 Å². The van der Waals surface area contributed by atoms with E-state index in [1.54, 1.807) is 0 Å². The number of likely N-dealkylation sites (N-methyl/N-ethyl adjacent to an activating group) is 1. The number of aryl methyl sites for hydroxylation is 1. The number of hydrogen-bond donors (Lipinski definition) is 1. The second-order valence-electron chi connectivity index (χ2n) is 3.54. The molecule has 1 aromatic rings. The van der Waals surface area contributed by atoms with Gasteiger partial charge in [-0.3, -0.25) is 4.90 Å². The average Bonchev–Trinajstić information content (AvgIpc) is 2.12. The van der Waals surface area contributed by atoms with E-state index in [2.05, 4.69) is 11.0 Å². The molecule has 0 aliphatic carbocycles. The Balaban J connectivity index is 2.63. The molecular formula is C11H16ClNO. The number of nitrogens with zero attached hydrogens (tertiary/aromatic N) is 1. The van der Waals surface area contributed by atoms with Gasteiger partial charge in [-0.15, -0.1) is 0 Å². The zero-order chi connectivity index (χ0) is 10.6. The van der Waals surface area contributed by atoms with Gasteiger partial charge in [0.2, 0.25) is 0 Å². The minimum atomic E-state index is 0.197. The van der Waals surface area contributed by atoms with Crippen LogP contribution in [0.4, 0.5) is 0 Å². The van der Waals surface area contributed by atoms with E-state index >= 15 is 0 Å². The summed E-state index contributed by atoms with van der Waals surface area (Å²) in [7, 11) is 1.99. The third kappa shape index (κ3) is 3.29. The lowest BCUT2D eigenvalue weighted by atomic mass is 10.1. The zero-order valence-corrected chi connectivity index (χ0v) is 9.38. The van der Waals surface area contributed by atoms with Gasteiger partial charge in [0.1, 0.15) is 0 Å². The molecular weight excluding hydrogens is 198 g/mol. The normalized spacial score (nSPS) is 10.9. The summed E-state index contributed by atoms with van der Waals surface area (Å²) in [6, 6.07) is 6.01. The van der Waals surface area contributed by atoms with Crippen LogP contribution in [0.1, 0.15) is 11.1 Å². The van der Waals surface area contributed by atoms with Crippen molar-refractivity contribution in [1.29, 1.82) is 0 Å². The maximum atomic E-state index is 8.75. The van der Waals surface area contributed by atoms with Gasteiger partial charge in [-0.2, -0.15) is 0 Å². The molecule has 0 aliphatic rings. The highest BCUT2D eigenvalue weighted by Gasteiger charge is 2.01. The maximum absolute atomic E-state index is 8.75. The number of benzene rings is 1. The predicted octanol–water partition coefficient (Wildman–Crippen LogP) is 2.07. The van der Waals surface area contributed by atoms with Crippen LogP contribution >= 0.6 is 11.6 Å². The van der Waals surface area contributed by atoms with Gasteiger partial charge in [-0.1, -0.05) is 23.7 Å². The molecule has 1 aromatic carbocycles. The average molecular weight is 214 g/mol. The number of hydrogen-bond acceptors (Lipinski definition) is 2. The number of aliphatic hydroxyl groups is 1. The Kier molecular flexibility index (Phi) is 4.39. The van der Waals surface area contributed by atoms with Gasteiger partial charge < -0.3 is 5.11 Å². The lowest BCUT2D eigenvalue weighted by Crippen LogP contribution is -2.21. The molecule has 0 unspecified atom stereocenters. The highest BCUT2D eigenvalue weighted by molar-refractivity contribution is 6.31. The van der Waals surface area contributed by atoms with Crippen LogP contribution in [0, 0.1) is 6.92 Å². The van der Waals surface area contributed by atoms with E-state index in [4.69, 9.17) is 16.7 Å². The van der Waals surface area contributed by atoms with E-state index < -0.39 is 0 Å². The van der Waals surface area contributed by atoms with Crippen LogP contribution in [0.25, 0.3) is 0 Å². The van der Waals surface area contributed by atoms with Crippen molar-refractivity contribution < 1.29 is 5.11 Å². The minimum Gasteiger partial charge on any atom is -0.395 e. The first kappa shape index (κ1) is 11.5. The van der Waals surface area contributed by atoms with Gasteiger partial charge in [0.25, 0.3) is 0 Å². The van der Waals surface area contributed by atoms with E-state index in [0.29, 0.717) is 6.54 Å². The molecule has 0 amide bonds. The van der Waals surface area contributed by atoms with Gasteiger partial charge in [0, 0.05) is 18.1 Å². The Hall–Kier alpha value is -0.570. The Bertz CT molecular complexity index is 301. The van der Waals surface area contributed by atoms with Crippen LogP contribution in [0.15, 0.2) is 18.2 Å². The van der Waals surface area contributed by atoms with Crippen molar-refractivity contribution in [3.05, 3.63) is 34.3 Å². The molecule has 0 aliphatic heterocycles. The topological polar surface area (TPSA) is 23.5 Å². The molecule has 78 valence electrons. The molecule has 14 heavy (non-hydrogen) atoms. The molecule has 0 radical (unpaired) electrons. The lowest BCUT2D eigenvalue weighted by Gasteiger charge is -2.15. The fourth-order valence-electron chi connectivity index (χ4n) is 1.37. The summed E-state index contributed by atoms with van der Waals surface area (Å²) in [4.78, 5) is 2.07. The Morgan fingerprint density at radius 3 is 2.71 bits per heavy atom.